The van der Waals surface area contributed by atoms with Crippen LogP contribution in [-0.2, 0) is 12.8 Å². The van der Waals surface area contributed by atoms with Crippen LogP contribution in [0.5, 0.6) is 0 Å². The number of aryl methyl sites for hydroxylation is 1. The van der Waals surface area contributed by atoms with E-state index in [-0.39, 0.29) is 0 Å². The van der Waals surface area contributed by atoms with Crippen molar-refractivity contribution in [3.8, 4) is 16.8 Å². The molecule has 5 aromatic carbocycles. The third-order valence-corrected chi connectivity index (χ3v) is 11.4. The molecule has 0 radical (unpaired) electrons. The summed E-state index contributed by atoms with van der Waals surface area (Å²) in [5.41, 5.74) is 16.8. The van der Waals surface area contributed by atoms with Gasteiger partial charge in [-0.15, -0.1) is 0 Å². The molecule has 2 heteroatoms. The van der Waals surface area contributed by atoms with Crippen LogP contribution in [-0.4, -0.2) is 9.13 Å². The molecule has 2 nitrogen and oxygen atoms in total. The molecule has 0 bridgehead atoms. The summed E-state index contributed by atoms with van der Waals surface area (Å²) in [6.07, 6.45) is 30.6. The molecular weight excluding hydrogens is 653 g/mol. The summed E-state index contributed by atoms with van der Waals surface area (Å²) >= 11 is 0. The minimum Gasteiger partial charge on any atom is -0.333 e. The average molecular weight is 695 g/mol. The number of benzene rings is 5. The molecule has 54 heavy (non-hydrogen) atoms. The normalized spacial score (nSPS) is 16.4. The lowest BCUT2D eigenvalue weighted by Gasteiger charge is -2.21. The molecule has 7 aromatic rings. The van der Waals surface area contributed by atoms with Gasteiger partial charge in [-0.25, -0.2) is 0 Å². The molecule has 1 unspecified atom stereocenters. The summed E-state index contributed by atoms with van der Waals surface area (Å²) in [6, 6.07) is 44.7. The molecule has 260 valence electrons. The molecule has 0 saturated carbocycles. The molecule has 0 fully saturated rings. The predicted octanol–water partition coefficient (Wildman–Crippen LogP) is 13.5. The minimum atomic E-state index is 0.339. The first-order valence-electron chi connectivity index (χ1n) is 19.4. The second kappa shape index (κ2) is 13.9. The van der Waals surface area contributed by atoms with E-state index in [1.807, 2.05) is 0 Å². The van der Waals surface area contributed by atoms with Gasteiger partial charge in [-0.1, -0.05) is 158 Å². The fourth-order valence-electron chi connectivity index (χ4n) is 8.68. The van der Waals surface area contributed by atoms with E-state index in [0.717, 1.165) is 32.1 Å². The highest BCUT2D eigenvalue weighted by molar-refractivity contribution is 5.93. The highest BCUT2D eigenvalue weighted by Gasteiger charge is 2.22. The van der Waals surface area contributed by atoms with Crippen LogP contribution in [0, 0.1) is 0 Å². The molecule has 0 aliphatic heterocycles. The Morgan fingerprint density at radius 2 is 1.15 bits per heavy atom. The number of rotatable bonds is 7. The zero-order chi connectivity index (χ0) is 35.8. The minimum absolute atomic E-state index is 0.339. The maximum absolute atomic E-state index is 2.55. The van der Waals surface area contributed by atoms with Crippen LogP contribution in [0.25, 0.3) is 69.0 Å². The SMILES string of the molecule is C1=Cc2c(c3ccccc3n2C2C=CC(/C=C/c3ccc(-c4ccc(/C=C/c5ccc(-n6c7c(c8ccccc86)C=CCC7)cc5)cc4)cc3)=CC2)CC1. The maximum Gasteiger partial charge on any atom is 0.0560 e. The van der Waals surface area contributed by atoms with Crippen LogP contribution in [0.1, 0.15) is 64.5 Å². The van der Waals surface area contributed by atoms with Crippen LogP contribution >= 0.6 is 0 Å². The van der Waals surface area contributed by atoms with Crippen LogP contribution < -0.4 is 0 Å². The molecule has 0 amide bonds. The van der Waals surface area contributed by atoms with E-state index in [9.17, 15) is 0 Å². The van der Waals surface area contributed by atoms with Gasteiger partial charge in [0.1, 0.15) is 0 Å². The molecule has 3 aliphatic rings. The van der Waals surface area contributed by atoms with Gasteiger partial charge < -0.3 is 9.13 Å². The predicted molar refractivity (Wildman–Crippen MR) is 231 cm³/mol. The summed E-state index contributed by atoms with van der Waals surface area (Å²) in [5.74, 6) is 0. The number of hydrogen-bond acceptors (Lipinski definition) is 0. The van der Waals surface area contributed by atoms with Gasteiger partial charge >= 0.3 is 0 Å². The largest absolute Gasteiger partial charge is 0.333 e. The van der Waals surface area contributed by atoms with E-state index in [1.54, 1.807) is 0 Å². The van der Waals surface area contributed by atoms with Gasteiger partial charge in [0.25, 0.3) is 0 Å². The Morgan fingerprint density at radius 3 is 1.85 bits per heavy atom. The summed E-state index contributed by atoms with van der Waals surface area (Å²) in [7, 11) is 0. The standard InChI is InChI=1S/C52H42N2/c1-5-13-49-45(9-1)46-10-2-6-14-50(46)53(49)43-33-25-39(26-34-43)19-17-37-21-29-41(30-22-37)42-31-23-38(24-32-42)18-20-40-27-35-44(36-28-40)54-51-15-7-3-11-47(51)48-12-4-8-16-52(48)54/h1-3,5,7-11,13,15-35,44H,4,6,12,14,36H2/b19-17+,20-18+. The fourth-order valence-corrected chi connectivity index (χ4v) is 8.68. The van der Waals surface area contributed by atoms with Gasteiger partial charge in [-0.05, 0) is 101 Å². The van der Waals surface area contributed by atoms with Crippen molar-refractivity contribution in [1.29, 1.82) is 0 Å². The summed E-state index contributed by atoms with van der Waals surface area (Å²) < 4.78 is 4.99. The van der Waals surface area contributed by atoms with Crippen LogP contribution in [0.3, 0.4) is 0 Å². The molecule has 3 aliphatic carbocycles. The van der Waals surface area contributed by atoms with E-state index >= 15 is 0 Å². The number of nitrogens with zero attached hydrogens (tertiary/aromatic N) is 2. The Morgan fingerprint density at radius 1 is 0.537 bits per heavy atom. The number of aromatic nitrogens is 2. The van der Waals surface area contributed by atoms with Crippen molar-refractivity contribution in [3.63, 3.8) is 0 Å². The highest BCUT2D eigenvalue weighted by atomic mass is 15.0. The average Bonchev–Trinajstić information content (AvgIpc) is 3.76. The van der Waals surface area contributed by atoms with Crippen molar-refractivity contribution in [2.45, 2.75) is 38.1 Å². The summed E-state index contributed by atoms with van der Waals surface area (Å²) in [6.45, 7) is 0. The molecule has 0 N–H and O–H groups in total. The lowest BCUT2D eigenvalue weighted by Crippen LogP contribution is -2.10. The van der Waals surface area contributed by atoms with Gasteiger partial charge in [0.15, 0.2) is 0 Å². The van der Waals surface area contributed by atoms with E-state index in [0.29, 0.717) is 6.04 Å². The van der Waals surface area contributed by atoms with Crippen LogP contribution in [0.4, 0.5) is 0 Å². The quantitative estimate of drug-likeness (QED) is 0.147. The van der Waals surface area contributed by atoms with Crippen LogP contribution in [0.15, 0.2) is 163 Å². The Bertz CT molecular complexity index is 2700. The van der Waals surface area contributed by atoms with Gasteiger partial charge in [-0.3, -0.25) is 0 Å². The molecule has 0 spiro atoms. The molecule has 0 saturated heterocycles. The summed E-state index contributed by atoms with van der Waals surface area (Å²) in [4.78, 5) is 0. The molecule has 1 atom stereocenters. The third-order valence-electron chi connectivity index (χ3n) is 11.4. The Hall–Kier alpha value is -6.38. The first-order chi connectivity index (χ1) is 26.8. The van der Waals surface area contributed by atoms with Gasteiger partial charge in [-0.2, -0.15) is 0 Å². The first kappa shape index (κ1) is 32.3. The number of para-hydroxylation sites is 2. The molecule has 10 rings (SSSR count). The van der Waals surface area contributed by atoms with Crippen LogP contribution in [0.2, 0.25) is 0 Å². The fraction of sp³-hybridized carbons (Fsp3) is 0.115. The second-order valence-corrected chi connectivity index (χ2v) is 14.7. The first-order valence-corrected chi connectivity index (χ1v) is 19.4. The smallest absolute Gasteiger partial charge is 0.0560 e. The van der Waals surface area contributed by atoms with E-state index in [1.165, 1.54) is 83.4 Å². The van der Waals surface area contributed by atoms with Crippen molar-refractivity contribution in [1.82, 2.24) is 9.13 Å². The van der Waals surface area contributed by atoms with E-state index in [4.69, 9.17) is 0 Å². The van der Waals surface area contributed by atoms with Gasteiger partial charge in [0.05, 0.1) is 11.6 Å². The monoisotopic (exact) mass is 694 g/mol. The third kappa shape index (κ3) is 5.94. The van der Waals surface area contributed by atoms with Gasteiger partial charge in [0, 0.05) is 38.9 Å². The Labute approximate surface area is 317 Å². The van der Waals surface area contributed by atoms with Crippen molar-refractivity contribution < 1.29 is 0 Å². The van der Waals surface area contributed by atoms with E-state index in [2.05, 4.69) is 197 Å². The number of allylic oxidation sites excluding steroid dienone is 7. The highest BCUT2D eigenvalue weighted by Crippen LogP contribution is 2.37. The van der Waals surface area contributed by atoms with Crippen molar-refractivity contribution in [3.05, 3.63) is 203 Å². The zero-order valence-corrected chi connectivity index (χ0v) is 30.4. The Kier molecular flexibility index (Phi) is 8.30. The topological polar surface area (TPSA) is 9.86 Å². The van der Waals surface area contributed by atoms with E-state index < -0.39 is 0 Å². The zero-order valence-electron chi connectivity index (χ0n) is 30.4. The lowest BCUT2D eigenvalue weighted by atomic mass is 9.99. The second-order valence-electron chi connectivity index (χ2n) is 14.7. The molecular formula is C52H42N2. The molecule has 2 aromatic heterocycles. The Balaban J connectivity index is 0.783. The number of fused-ring (bicyclic) bond motifs is 6. The number of hydrogen-bond donors (Lipinski definition) is 0. The van der Waals surface area contributed by atoms with Crippen molar-refractivity contribution >= 4 is 52.2 Å². The molecule has 2 heterocycles. The lowest BCUT2D eigenvalue weighted by molar-refractivity contribution is 0.619. The van der Waals surface area contributed by atoms with Crippen molar-refractivity contribution in [2.24, 2.45) is 0 Å². The van der Waals surface area contributed by atoms with Crippen molar-refractivity contribution in [2.75, 3.05) is 0 Å². The maximum atomic E-state index is 2.55. The van der Waals surface area contributed by atoms with Gasteiger partial charge in [0.2, 0.25) is 0 Å². The summed E-state index contributed by atoms with van der Waals surface area (Å²) in [5, 5.41) is 2.74.